The molecule has 0 amide bonds. The first kappa shape index (κ1) is 14.9. The van der Waals surface area contributed by atoms with Gasteiger partial charge in [0.15, 0.2) is 5.13 Å². The van der Waals surface area contributed by atoms with Crippen LogP contribution in [-0.4, -0.2) is 41.4 Å². The third-order valence-corrected chi connectivity index (χ3v) is 4.84. The van der Waals surface area contributed by atoms with Crippen LogP contribution in [0.3, 0.4) is 0 Å². The second kappa shape index (κ2) is 6.02. The minimum Gasteiger partial charge on any atom is -0.383 e. The molecule has 2 aromatic rings. The first-order valence-corrected chi connectivity index (χ1v) is 8.09. The highest BCUT2D eigenvalue weighted by atomic mass is 32.1. The number of aryl methyl sites for hydroxylation is 1. The molecule has 7 heteroatoms. The van der Waals surface area contributed by atoms with Crippen LogP contribution < -0.4 is 16.0 Å². The number of ketones is 1. The summed E-state index contributed by atoms with van der Waals surface area (Å²) in [4.78, 5) is 24.4. The average Bonchev–Trinajstić information content (AvgIpc) is 2.89. The zero-order valence-corrected chi connectivity index (χ0v) is 13.5. The molecule has 22 heavy (non-hydrogen) atoms. The average molecular weight is 319 g/mol. The van der Waals surface area contributed by atoms with Crippen molar-refractivity contribution in [2.24, 2.45) is 0 Å². The van der Waals surface area contributed by atoms with E-state index in [9.17, 15) is 4.79 Å². The second-order valence-corrected chi connectivity index (χ2v) is 6.59. The van der Waals surface area contributed by atoms with Gasteiger partial charge in [0.05, 0.1) is 5.56 Å². The van der Waals surface area contributed by atoms with E-state index in [-0.39, 0.29) is 13.0 Å². The number of rotatable bonds is 3. The second-order valence-electron chi connectivity index (χ2n) is 5.41. The van der Waals surface area contributed by atoms with Gasteiger partial charge in [0.1, 0.15) is 11.5 Å². The van der Waals surface area contributed by atoms with E-state index in [0.717, 1.165) is 29.6 Å². The molecule has 118 valence electrons. The van der Waals surface area contributed by atoms with Crippen molar-refractivity contribution in [1.29, 1.82) is 0 Å². The van der Waals surface area contributed by atoms with Crippen molar-refractivity contribution < 1.29 is 6.22 Å². The van der Waals surface area contributed by atoms with Gasteiger partial charge in [0.25, 0.3) is 0 Å². The molecule has 3 N–H and O–H groups in total. The smallest absolute Gasteiger partial charge is 0.216 e. The number of pyridine rings is 1. The van der Waals surface area contributed by atoms with E-state index >= 15 is 0 Å². The Hall–Kier alpha value is -1.99. The van der Waals surface area contributed by atoms with Gasteiger partial charge in [-0.15, -0.1) is 11.3 Å². The number of hydrogen-bond donors (Lipinski definition) is 2. The van der Waals surface area contributed by atoms with E-state index in [2.05, 4.69) is 27.1 Å². The fraction of sp³-hybridized carbons (Fsp3) is 0.400. The number of hydrogen-bond acceptors (Lipinski definition) is 7. The summed E-state index contributed by atoms with van der Waals surface area (Å²) in [6.07, 6.45) is 1.58. The van der Waals surface area contributed by atoms with Gasteiger partial charge in [-0.25, -0.2) is 9.97 Å². The van der Waals surface area contributed by atoms with E-state index < -0.39 is 0 Å². The molecule has 1 fully saturated rings. The van der Waals surface area contributed by atoms with Crippen LogP contribution in [0.5, 0.6) is 0 Å². The SMILES string of the molecule is Cc1sc(N2CCNC[C@H]2C)nc1C(=O)c1cccnc1N.[HH]. The number of nitrogens with one attached hydrogen (secondary N) is 1. The van der Waals surface area contributed by atoms with Crippen molar-refractivity contribution in [2.45, 2.75) is 19.9 Å². The van der Waals surface area contributed by atoms with E-state index in [4.69, 9.17) is 5.73 Å². The molecular formula is C15H21N5OS. The highest BCUT2D eigenvalue weighted by Crippen LogP contribution is 2.29. The molecule has 3 heterocycles. The number of aromatic nitrogens is 2. The summed E-state index contributed by atoms with van der Waals surface area (Å²) in [6, 6.07) is 3.77. The van der Waals surface area contributed by atoms with E-state index in [0.29, 0.717) is 17.3 Å². The Labute approximate surface area is 134 Å². The summed E-state index contributed by atoms with van der Waals surface area (Å²) in [5, 5.41) is 4.26. The van der Waals surface area contributed by atoms with Crippen molar-refractivity contribution in [3.63, 3.8) is 0 Å². The Kier molecular flexibility index (Phi) is 4.08. The monoisotopic (exact) mass is 319 g/mol. The lowest BCUT2D eigenvalue weighted by atomic mass is 10.1. The van der Waals surface area contributed by atoms with Gasteiger partial charge in [-0.3, -0.25) is 4.79 Å². The van der Waals surface area contributed by atoms with Crippen molar-refractivity contribution in [2.75, 3.05) is 30.3 Å². The maximum Gasteiger partial charge on any atom is 0.216 e. The Morgan fingerprint density at radius 2 is 2.41 bits per heavy atom. The molecule has 1 saturated heterocycles. The summed E-state index contributed by atoms with van der Waals surface area (Å²) in [5.41, 5.74) is 6.70. The fourth-order valence-corrected chi connectivity index (χ4v) is 3.61. The minimum absolute atomic E-state index is 0. The number of piperazine rings is 1. The van der Waals surface area contributed by atoms with Crippen LogP contribution in [0.2, 0.25) is 0 Å². The van der Waals surface area contributed by atoms with Crippen LogP contribution in [-0.2, 0) is 0 Å². The van der Waals surface area contributed by atoms with Gasteiger partial charge >= 0.3 is 0 Å². The van der Waals surface area contributed by atoms with E-state index in [1.807, 2.05) is 6.92 Å². The van der Waals surface area contributed by atoms with Gasteiger partial charge in [0, 0.05) is 38.2 Å². The first-order chi connectivity index (χ1) is 10.6. The number of anilines is 2. The largest absolute Gasteiger partial charge is 0.383 e. The van der Waals surface area contributed by atoms with Crippen molar-refractivity contribution in [3.8, 4) is 0 Å². The van der Waals surface area contributed by atoms with Crippen molar-refractivity contribution in [3.05, 3.63) is 34.5 Å². The third kappa shape index (κ3) is 2.69. The Morgan fingerprint density at radius 1 is 1.59 bits per heavy atom. The predicted molar refractivity (Wildman–Crippen MR) is 90.7 cm³/mol. The molecular weight excluding hydrogens is 298 g/mol. The van der Waals surface area contributed by atoms with Gasteiger partial charge in [0.2, 0.25) is 5.78 Å². The lowest BCUT2D eigenvalue weighted by Crippen LogP contribution is -2.49. The Bertz CT molecular complexity index is 705. The molecule has 3 rings (SSSR count). The van der Waals surface area contributed by atoms with Gasteiger partial charge < -0.3 is 16.0 Å². The van der Waals surface area contributed by atoms with Crippen molar-refractivity contribution in [1.82, 2.24) is 15.3 Å². The van der Waals surface area contributed by atoms with Gasteiger partial charge in [-0.1, -0.05) is 0 Å². The minimum atomic E-state index is -0.159. The quantitative estimate of drug-likeness (QED) is 0.838. The first-order valence-electron chi connectivity index (χ1n) is 7.28. The Morgan fingerprint density at radius 3 is 3.14 bits per heavy atom. The molecule has 0 unspecified atom stereocenters. The summed E-state index contributed by atoms with van der Waals surface area (Å²) in [7, 11) is 0. The number of nitrogens with two attached hydrogens (primary N) is 1. The van der Waals surface area contributed by atoms with Crippen LogP contribution in [0.1, 0.15) is 29.3 Å². The summed E-state index contributed by atoms with van der Waals surface area (Å²) in [5.74, 6) is 0.0883. The fourth-order valence-electron chi connectivity index (χ4n) is 2.58. The number of nitrogen functional groups attached to an aromatic ring is 1. The molecule has 0 bridgehead atoms. The molecule has 1 aliphatic heterocycles. The summed E-state index contributed by atoms with van der Waals surface area (Å²) in [6.45, 7) is 6.84. The predicted octanol–water partition coefficient (Wildman–Crippen LogP) is 1.70. The molecule has 0 radical (unpaired) electrons. The molecule has 1 aliphatic rings. The lowest BCUT2D eigenvalue weighted by molar-refractivity contribution is 0.103. The standard InChI is InChI=1S/C15H19N5OS.H2/c1-9-8-17-6-7-20(9)15-19-12(10(2)22-15)13(21)11-4-3-5-18-14(11)16;/h3-5,9,17H,6-8H2,1-2H3,(H2,16,18);1H/t9-;/m1./s1. The molecule has 1 atom stereocenters. The zero-order chi connectivity index (χ0) is 15.7. The Balaban J connectivity index is 0.00000192. The number of carbonyl (C=O) groups is 1. The van der Waals surface area contributed by atoms with Crippen LogP contribution >= 0.6 is 11.3 Å². The highest BCUT2D eigenvalue weighted by Gasteiger charge is 2.25. The lowest BCUT2D eigenvalue weighted by Gasteiger charge is -2.33. The maximum absolute atomic E-state index is 12.7. The summed E-state index contributed by atoms with van der Waals surface area (Å²) < 4.78 is 0. The molecule has 0 aliphatic carbocycles. The number of thiazole rings is 1. The molecule has 2 aromatic heterocycles. The van der Waals surface area contributed by atoms with Gasteiger partial charge in [-0.2, -0.15) is 0 Å². The van der Waals surface area contributed by atoms with Crippen molar-refractivity contribution >= 4 is 28.1 Å². The van der Waals surface area contributed by atoms with Crippen LogP contribution in [0, 0.1) is 6.92 Å². The van der Waals surface area contributed by atoms with E-state index in [1.165, 1.54) is 0 Å². The number of nitrogens with zero attached hydrogens (tertiary/aromatic N) is 3. The highest BCUT2D eigenvalue weighted by molar-refractivity contribution is 7.15. The zero-order valence-electron chi connectivity index (χ0n) is 12.7. The van der Waals surface area contributed by atoms with Crippen LogP contribution in [0.15, 0.2) is 18.3 Å². The van der Waals surface area contributed by atoms with Crippen LogP contribution in [0.25, 0.3) is 0 Å². The molecule has 0 aromatic carbocycles. The van der Waals surface area contributed by atoms with E-state index in [1.54, 1.807) is 29.7 Å². The number of carbonyl (C=O) groups excluding carboxylic acids is 1. The normalized spacial score (nSPS) is 18.5. The molecule has 0 spiro atoms. The molecule has 6 nitrogen and oxygen atoms in total. The van der Waals surface area contributed by atoms with Crippen LogP contribution in [0.4, 0.5) is 10.9 Å². The topological polar surface area (TPSA) is 84.1 Å². The third-order valence-electron chi connectivity index (χ3n) is 3.83. The molecule has 0 saturated carbocycles. The van der Waals surface area contributed by atoms with Gasteiger partial charge in [-0.05, 0) is 26.0 Å². The maximum atomic E-state index is 12.7. The summed E-state index contributed by atoms with van der Waals surface area (Å²) >= 11 is 1.56.